The zero-order valence-corrected chi connectivity index (χ0v) is 17.8. The second kappa shape index (κ2) is 10.8. The molecule has 2 aromatic carbocycles. The minimum atomic E-state index is -4.75. The SMILES string of the molecule is CN=C(NCc1ccccc1OC(F)(F)F)Nc1ccc(OC)c(OC)c1.I. The van der Waals surface area contributed by atoms with E-state index in [0.717, 1.165) is 0 Å². The maximum Gasteiger partial charge on any atom is 0.573 e. The van der Waals surface area contributed by atoms with Crippen LogP contribution in [0.2, 0.25) is 0 Å². The smallest absolute Gasteiger partial charge is 0.493 e. The van der Waals surface area contributed by atoms with E-state index in [-0.39, 0.29) is 36.3 Å². The molecule has 0 spiro atoms. The molecule has 0 aromatic heterocycles. The molecule has 2 rings (SSSR count). The fraction of sp³-hybridized carbons (Fsp3) is 0.278. The number of hydrogen-bond donors (Lipinski definition) is 2. The average molecular weight is 511 g/mol. The van der Waals surface area contributed by atoms with Crippen molar-refractivity contribution in [2.45, 2.75) is 12.9 Å². The van der Waals surface area contributed by atoms with E-state index >= 15 is 0 Å². The Morgan fingerprint density at radius 2 is 1.68 bits per heavy atom. The van der Waals surface area contributed by atoms with Crippen LogP contribution in [-0.4, -0.2) is 33.6 Å². The number of nitrogens with zero attached hydrogens (tertiary/aromatic N) is 1. The minimum absolute atomic E-state index is 0. The van der Waals surface area contributed by atoms with E-state index in [1.54, 1.807) is 31.3 Å². The molecular weight excluding hydrogens is 490 g/mol. The highest BCUT2D eigenvalue weighted by molar-refractivity contribution is 14.0. The number of anilines is 1. The molecule has 6 nitrogen and oxygen atoms in total. The van der Waals surface area contributed by atoms with Crippen molar-refractivity contribution in [3.8, 4) is 17.2 Å². The standard InChI is InChI=1S/C18H20F3N3O3.HI/c1-22-17(24-13-8-9-15(25-2)16(10-13)26-3)23-11-12-6-4-5-7-14(12)27-18(19,20)21;/h4-10H,11H2,1-3H3,(H2,22,23,24);1H. The molecule has 2 aromatic rings. The highest BCUT2D eigenvalue weighted by Gasteiger charge is 2.31. The summed E-state index contributed by atoms with van der Waals surface area (Å²) in [5, 5.41) is 5.98. The maximum atomic E-state index is 12.5. The summed E-state index contributed by atoms with van der Waals surface area (Å²) in [5.41, 5.74) is 1.01. The number of guanidine groups is 1. The Labute approximate surface area is 178 Å². The number of nitrogens with one attached hydrogen (secondary N) is 2. The van der Waals surface area contributed by atoms with Gasteiger partial charge in [-0.15, -0.1) is 37.1 Å². The number of benzene rings is 2. The molecule has 0 aliphatic heterocycles. The number of methoxy groups -OCH3 is 2. The normalized spacial score (nSPS) is 11.3. The van der Waals surface area contributed by atoms with Crippen LogP contribution in [0, 0.1) is 0 Å². The van der Waals surface area contributed by atoms with Crippen molar-refractivity contribution >= 4 is 35.6 Å². The molecule has 0 fully saturated rings. The average Bonchev–Trinajstić information content (AvgIpc) is 2.64. The van der Waals surface area contributed by atoms with Gasteiger partial charge in [0, 0.05) is 30.9 Å². The second-order valence-electron chi connectivity index (χ2n) is 5.28. The molecule has 2 N–H and O–H groups in total. The molecule has 154 valence electrons. The molecule has 0 atom stereocenters. The third-order valence-corrected chi connectivity index (χ3v) is 3.51. The van der Waals surface area contributed by atoms with Gasteiger partial charge in [0.05, 0.1) is 14.2 Å². The third kappa shape index (κ3) is 6.98. The van der Waals surface area contributed by atoms with Gasteiger partial charge in [-0.2, -0.15) is 0 Å². The number of rotatable bonds is 6. The summed E-state index contributed by atoms with van der Waals surface area (Å²) in [6.07, 6.45) is -4.75. The molecule has 0 saturated heterocycles. The molecule has 0 heterocycles. The van der Waals surface area contributed by atoms with Gasteiger partial charge in [-0.05, 0) is 18.2 Å². The van der Waals surface area contributed by atoms with Crippen LogP contribution in [0.25, 0.3) is 0 Å². The summed E-state index contributed by atoms with van der Waals surface area (Å²) >= 11 is 0. The van der Waals surface area contributed by atoms with Crippen LogP contribution in [0.1, 0.15) is 5.56 Å². The number of halogens is 4. The molecule has 0 amide bonds. The predicted octanol–water partition coefficient (Wildman–Crippen LogP) is 4.41. The summed E-state index contributed by atoms with van der Waals surface area (Å²) in [6.45, 7) is 0.0826. The van der Waals surface area contributed by atoms with Gasteiger partial charge in [0.2, 0.25) is 0 Å². The van der Waals surface area contributed by atoms with Crippen molar-refractivity contribution in [3.05, 3.63) is 48.0 Å². The van der Waals surface area contributed by atoms with Gasteiger partial charge in [0.15, 0.2) is 17.5 Å². The number of aliphatic imine (C=N–C) groups is 1. The lowest BCUT2D eigenvalue weighted by molar-refractivity contribution is -0.274. The van der Waals surface area contributed by atoms with Gasteiger partial charge in [0.25, 0.3) is 0 Å². The zero-order chi connectivity index (χ0) is 19.9. The summed E-state index contributed by atoms with van der Waals surface area (Å²) in [5.74, 6) is 1.20. The summed E-state index contributed by atoms with van der Waals surface area (Å²) in [6, 6.07) is 11.1. The predicted molar refractivity (Wildman–Crippen MR) is 112 cm³/mol. The molecule has 0 saturated carbocycles. The van der Waals surface area contributed by atoms with Gasteiger partial charge in [-0.25, -0.2) is 0 Å². The van der Waals surface area contributed by atoms with Gasteiger partial charge in [0.1, 0.15) is 5.75 Å². The van der Waals surface area contributed by atoms with Gasteiger partial charge in [-0.1, -0.05) is 18.2 Å². The Bertz CT molecular complexity index is 801. The second-order valence-corrected chi connectivity index (χ2v) is 5.28. The molecule has 28 heavy (non-hydrogen) atoms. The van der Waals surface area contributed by atoms with Crippen LogP contribution < -0.4 is 24.8 Å². The monoisotopic (exact) mass is 511 g/mol. The van der Waals surface area contributed by atoms with Crippen LogP contribution in [0.15, 0.2) is 47.5 Å². The number of para-hydroxylation sites is 1. The minimum Gasteiger partial charge on any atom is -0.493 e. The summed E-state index contributed by atoms with van der Waals surface area (Å²) < 4.78 is 52.0. The first-order chi connectivity index (χ1) is 12.9. The molecule has 0 aliphatic rings. The Balaban J connectivity index is 0.00000392. The van der Waals surface area contributed by atoms with Crippen molar-refractivity contribution in [3.63, 3.8) is 0 Å². The van der Waals surface area contributed by atoms with Crippen molar-refractivity contribution in [2.24, 2.45) is 4.99 Å². The van der Waals surface area contributed by atoms with E-state index in [1.165, 1.54) is 32.4 Å². The topological polar surface area (TPSA) is 64.1 Å². The number of alkyl halides is 3. The van der Waals surface area contributed by atoms with E-state index in [2.05, 4.69) is 20.4 Å². The van der Waals surface area contributed by atoms with Crippen molar-refractivity contribution in [1.82, 2.24) is 5.32 Å². The Morgan fingerprint density at radius 3 is 2.29 bits per heavy atom. The van der Waals surface area contributed by atoms with Crippen molar-refractivity contribution < 1.29 is 27.4 Å². The molecule has 0 radical (unpaired) electrons. The molecule has 10 heteroatoms. The first kappa shape index (κ1) is 23.7. The van der Waals surface area contributed by atoms with Crippen molar-refractivity contribution in [1.29, 1.82) is 0 Å². The van der Waals surface area contributed by atoms with E-state index < -0.39 is 6.36 Å². The van der Waals surface area contributed by atoms with Crippen LogP contribution in [0.4, 0.5) is 18.9 Å². The van der Waals surface area contributed by atoms with E-state index in [9.17, 15) is 13.2 Å². The molecule has 0 aliphatic carbocycles. The van der Waals surface area contributed by atoms with Crippen LogP contribution in [0.5, 0.6) is 17.2 Å². The first-order valence-corrected chi connectivity index (χ1v) is 7.89. The summed E-state index contributed by atoms with van der Waals surface area (Å²) in [4.78, 5) is 4.06. The maximum absolute atomic E-state index is 12.5. The third-order valence-electron chi connectivity index (χ3n) is 3.51. The quantitative estimate of drug-likeness (QED) is 0.342. The zero-order valence-electron chi connectivity index (χ0n) is 15.5. The Kier molecular flexibility index (Phi) is 9.16. The summed E-state index contributed by atoms with van der Waals surface area (Å²) in [7, 11) is 4.60. The first-order valence-electron chi connectivity index (χ1n) is 7.89. The fourth-order valence-electron chi connectivity index (χ4n) is 2.28. The van der Waals surface area contributed by atoms with Crippen LogP contribution in [0.3, 0.4) is 0 Å². The lowest BCUT2D eigenvalue weighted by Gasteiger charge is -2.16. The highest BCUT2D eigenvalue weighted by atomic mass is 127. The van der Waals surface area contributed by atoms with E-state index in [4.69, 9.17) is 9.47 Å². The lowest BCUT2D eigenvalue weighted by atomic mass is 10.2. The van der Waals surface area contributed by atoms with E-state index in [0.29, 0.717) is 28.7 Å². The molecule has 0 bridgehead atoms. The van der Waals surface area contributed by atoms with Gasteiger partial charge in [-0.3, -0.25) is 4.99 Å². The van der Waals surface area contributed by atoms with Crippen molar-refractivity contribution in [2.75, 3.05) is 26.6 Å². The largest absolute Gasteiger partial charge is 0.573 e. The lowest BCUT2D eigenvalue weighted by Crippen LogP contribution is -2.30. The van der Waals surface area contributed by atoms with Crippen LogP contribution >= 0.6 is 24.0 Å². The molecular formula is C18H21F3IN3O3. The number of hydrogen-bond acceptors (Lipinski definition) is 4. The Hall–Kier alpha value is -2.37. The molecule has 0 unspecified atom stereocenters. The van der Waals surface area contributed by atoms with Gasteiger partial charge >= 0.3 is 6.36 Å². The number of ether oxygens (including phenoxy) is 3. The fourth-order valence-corrected chi connectivity index (χ4v) is 2.28. The Morgan fingerprint density at radius 1 is 1.00 bits per heavy atom. The van der Waals surface area contributed by atoms with E-state index in [1.807, 2.05) is 0 Å². The van der Waals surface area contributed by atoms with Crippen LogP contribution in [-0.2, 0) is 6.54 Å². The highest BCUT2D eigenvalue weighted by Crippen LogP contribution is 2.30. The van der Waals surface area contributed by atoms with Gasteiger partial charge < -0.3 is 24.8 Å².